The van der Waals surface area contributed by atoms with E-state index < -0.39 is 0 Å². The van der Waals surface area contributed by atoms with Crippen LogP contribution in [0.2, 0.25) is 0 Å². The van der Waals surface area contributed by atoms with Crippen LogP contribution in [0.4, 0.5) is 0 Å². The predicted octanol–water partition coefficient (Wildman–Crippen LogP) is 2.77. The molecule has 158 valence electrons. The topological polar surface area (TPSA) is 55.8 Å². The highest BCUT2D eigenvalue weighted by atomic mass is 127. The standard InChI is InChI=1S/C21H28IN3O4/c1-14(10-22)11-24-4-6-25(7-5-24)12-20-16-13-28-17-9-19(27-3)18(26-2)8-15(17)21(16)23-29-20/h8-10,16,20H,4-7,11-13H2,1-3H3/b14-10+. The zero-order valence-electron chi connectivity index (χ0n) is 17.2. The summed E-state index contributed by atoms with van der Waals surface area (Å²) in [6, 6.07) is 3.80. The molecule has 0 bridgehead atoms. The van der Waals surface area contributed by atoms with E-state index in [4.69, 9.17) is 19.0 Å². The third kappa shape index (κ3) is 4.34. The molecule has 3 aliphatic heterocycles. The number of benzene rings is 1. The van der Waals surface area contributed by atoms with Gasteiger partial charge in [-0.05, 0) is 17.1 Å². The Kier molecular flexibility index (Phi) is 6.50. The molecule has 29 heavy (non-hydrogen) atoms. The number of hydrogen-bond acceptors (Lipinski definition) is 7. The van der Waals surface area contributed by atoms with Gasteiger partial charge in [0.05, 0.1) is 20.1 Å². The van der Waals surface area contributed by atoms with Crippen molar-refractivity contribution >= 4 is 28.3 Å². The molecule has 7 nitrogen and oxygen atoms in total. The van der Waals surface area contributed by atoms with Crippen LogP contribution in [-0.4, -0.2) is 81.7 Å². The molecule has 0 aromatic heterocycles. The summed E-state index contributed by atoms with van der Waals surface area (Å²) in [6.45, 7) is 8.98. The third-order valence-electron chi connectivity index (χ3n) is 5.83. The van der Waals surface area contributed by atoms with Crippen molar-refractivity contribution in [2.24, 2.45) is 11.1 Å². The Labute approximate surface area is 185 Å². The lowest BCUT2D eigenvalue weighted by atomic mass is 9.90. The molecule has 0 saturated carbocycles. The number of hydrogen-bond donors (Lipinski definition) is 0. The van der Waals surface area contributed by atoms with Crippen molar-refractivity contribution in [2.45, 2.75) is 13.0 Å². The average Bonchev–Trinajstić information content (AvgIpc) is 3.17. The lowest BCUT2D eigenvalue weighted by molar-refractivity contribution is 0.0101. The molecule has 1 fully saturated rings. The van der Waals surface area contributed by atoms with Gasteiger partial charge in [0, 0.05) is 50.9 Å². The van der Waals surface area contributed by atoms with Gasteiger partial charge in [0.15, 0.2) is 17.6 Å². The highest BCUT2D eigenvalue weighted by Gasteiger charge is 2.41. The SMILES string of the molecule is COc1cc2c(cc1OC)C1=NOC(CN3CCN(C/C(C)=C/I)CC3)C1CO2. The molecule has 1 aromatic rings. The fraction of sp³-hybridized carbons (Fsp3) is 0.571. The number of piperazine rings is 1. The van der Waals surface area contributed by atoms with Crippen molar-refractivity contribution in [1.29, 1.82) is 0 Å². The summed E-state index contributed by atoms with van der Waals surface area (Å²) in [7, 11) is 3.26. The van der Waals surface area contributed by atoms with Crippen LogP contribution in [0.3, 0.4) is 0 Å². The molecule has 3 heterocycles. The summed E-state index contributed by atoms with van der Waals surface area (Å²) in [6.07, 6.45) is 0.0220. The van der Waals surface area contributed by atoms with Gasteiger partial charge in [-0.2, -0.15) is 0 Å². The highest BCUT2D eigenvalue weighted by Crippen LogP contribution is 2.40. The van der Waals surface area contributed by atoms with E-state index in [9.17, 15) is 0 Å². The largest absolute Gasteiger partial charge is 0.493 e. The summed E-state index contributed by atoms with van der Waals surface area (Å²) < 4.78 is 19.0. The van der Waals surface area contributed by atoms with E-state index in [-0.39, 0.29) is 12.0 Å². The Bertz CT molecular complexity index is 805. The van der Waals surface area contributed by atoms with Crippen LogP contribution in [0, 0.1) is 5.92 Å². The maximum Gasteiger partial charge on any atom is 0.164 e. The number of fused-ring (bicyclic) bond motifs is 3. The molecular formula is C21H28IN3O4. The van der Waals surface area contributed by atoms with Crippen molar-refractivity contribution in [3.8, 4) is 17.2 Å². The van der Waals surface area contributed by atoms with Crippen LogP contribution < -0.4 is 14.2 Å². The van der Waals surface area contributed by atoms with Gasteiger partial charge in [0.1, 0.15) is 18.1 Å². The summed E-state index contributed by atoms with van der Waals surface area (Å²) >= 11 is 2.32. The van der Waals surface area contributed by atoms with Crippen LogP contribution >= 0.6 is 22.6 Å². The number of nitrogens with zero attached hydrogens (tertiary/aromatic N) is 3. The van der Waals surface area contributed by atoms with E-state index in [1.165, 1.54) is 5.57 Å². The fourth-order valence-electron chi connectivity index (χ4n) is 4.17. The zero-order valence-corrected chi connectivity index (χ0v) is 19.3. The molecular weight excluding hydrogens is 485 g/mol. The molecule has 4 rings (SSSR count). The Morgan fingerprint density at radius 2 is 1.86 bits per heavy atom. The van der Waals surface area contributed by atoms with E-state index in [1.54, 1.807) is 14.2 Å². The van der Waals surface area contributed by atoms with E-state index >= 15 is 0 Å². The Balaban J connectivity index is 1.39. The van der Waals surface area contributed by atoms with Gasteiger partial charge < -0.3 is 19.0 Å². The predicted molar refractivity (Wildman–Crippen MR) is 121 cm³/mol. The molecule has 1 saturated heterocycles. The molecule has 3 aliphatic rings. The quantitative estimate of drug-likeness (QED) is 0.546. The molecule has 0 aliphatic carbocycles. The van der Waals surface area contributed by atoms with Crippen LogP contribution in [0.15, 0.2) is 26.9 Å². The molecule has 0 spiro atoms. The lowest BCUT2D eigenvalue weighted by Gasteiger charge is -2.36. The summed E-state index contributed by atoms with van der Waals surface area (Å²) in [5.74, 6) is 2.25. The third-order valence-corrected chi connectivity index (χ3v) is 6.89. The van der Waals surface area contributed by atoms with Crippen LogP contribution in [-0.2, 0) is 4.84 Å². The molecule has 0 N–H and O–H groups in total. The Morgan fingerprint density at radius 1 is 1.17 bits per heavy atom. The van der Waals surface area contributed by atoms with E-state index in [2.05, 4.69) is 48.6 Å². The Morgan fingerprint density at radius 3 is 2.55 bits per heavy atom. The van der Waals surface area contributed by atoms with Crippen molar-refractivity contribution in [3.63, 3.8) is 0 Å². The number of methoxy groups -OCH3 is 2. The average molecular weight is 513 g/mol. The maximum atomic E-state index is 6.04. The second kappa shape index (κ2) is 9.09. The normalized spacial score (nSPS) is 24.8. The molecule has 1 aromatic carbocycles. The van der Waals surface area contributed by atoms with Gasteiger partial charge in [-0.25, -0.2) is 0 Å². The van der Waals surface area contributed by atoms with Crippen LogP contribution in [0.25, 0.3) is 0 Å². The molecule has 2 unspecified atom stereocenters. The van der Waals surface area contributed by atoms with Gasteiger partial charge >= 0.3 is 0 Å². The van der Waals surface area contributed by atoms with Crippen LogP contribution in [0.5, 0.6) is 17.2 Å². The van der Waals surface area contributed by atoms with Gasteiger partial charge in [0.25, 0.3) is 0 Å². The second-order valence-electron chi connectivity index (χ2n) is 7.77. The minimum absolute atomic E-state index is 0.0220. The number of oxime groups is 1. The van der Waals surface area contributed by atoms with Crippen molar-refractivity contribution in [2.75, 3.05) is 60.1 Å². The molecule has 0 amide bonds. The minimum Gasteiger partial charge on any atom is -0.493 e. The van der Waals surface area contributed by atoms with Gasteiger partial charge in [-0.1, -0.05) is 33.3 Å². The Hall–Kier alpha value is -1.52. The second-order valence-corrected chi connectivity index (χ2v) is 8.40. The lowest BCUT2D eigenvalue weighted by Crippen LogP contribution is -2.50. The highest BCUT2D eigenvalue weighted by molar-refractivity contribution is 14.1. The summed E-state index contributed by atoms with van der Waals surface area (Å²) in [4.78, 5) is 10.9. The first-order valence-electron chi connectivity index (χ1n) is 9.96. The van der Waals surface area contributed by atoms with Gasteiger partial charge in [0.2, 0.25) is 0 Å². The van der Waals surface area contributed by atoms with Crippen molar-refractivity contribution in [3.05, 3.63) is 27.4 Å². The first-order chi connectivity index (χ1) is 14.1. The number of halogens is 1. The fourth-order valence-corrected chi connectivity index (χ4v) is 4.37. The summed E-state index contributed by atoms with van der Waals surface area (Å²) in [5, 5.41) is 4.44. The zero-order chi connectivity index (χ0) is 20.4. The van der Waals surface area contributed by atoms with E-state index in [1.807, 2.05) is 12.1 Å². The molecule has 8 heteroatoms. The summed E-state index contributed by atoms with van der Waals surface area (Å²) in [5.41, 5.74) is 3.31. The van der Waals surface area contributed by atoms with Crippen molar-refractivity contribution in [1.82, 2.24) is 9.80 Å². The van der Waals surface area contributed by atoms with Crippen LogP contribution in [0.1, 0.15) is 12.5 Å². The molecule has 2 atom stereocenters. The first-order valence-corrected chi connectivity index (χ1v) is 11.2. The van der Waals surface area contributed by atoms with Crippen molar-refractivity contribution < 1.29 is 19.0 Å². The first kappa shape index (κ1) is 20.7. The monoisotopic (exact) mass is 513 g/mol. The van der Waals surface area contributed by atoms with Gasteiger partial charge in [-0.3, -0.25) is 9.80 Å². The molecule has 0 radical (unpaired) electrons. The van der Waals surface area contributed by atoms with Gasteiger partial charge in [-0.15, -0.1) is 0 Å². The van der Waals surface area contributed by atoms with E-state index in [0.29, 0.717) is 18.1 Å². The number of rotatable bonds is 6. The smallest absolute Gasteiger partial charge is 0.164 e. The maximum absolute atomic E-state index is 6.04. The minimum atomic E-state index is 0.0220. The number of ether oxygens (including phenoxy) is 3. The van der Waals surface area contributed by atoms with E-state index in [0.717, 1.165) is 56.3 Å².